The highest BCUT2D eigenvalue weighted by molar-refractivity contribution is 7.22. The standard InChI is InChI=1S/C21H12N4S2/c1-2-13-10-18(26-20(13)22-7-1)12-3-6-16-19(9-12)27-21(25-16)14-4-5-15-17(8-14)24-11-23-15/h1-11H,(H,23,24). The number of nitrogens with zero attached hydrogens (tertiary/aromatic N) is 3. The first-order valence-corrected chi connectivity index (χ1v) is 10.2. The molecule has 0 aliphatic heterocycles. The molecule has 0 saturated heterocycles. The van der Waals surface area contributed by atoms with Crippen molar-refractivity contribution in [3.8, 4) is 21.0 Å². The van der Waals surface area contributed by atoms with Crippen LogP contribution in [0.25, 0.3) is 52.5 Å². The highest BCUT2D eigenvalue weighted by Gasteiger charge is 2.11. The van der Waals surface area contributed by atoms with Gasteiger partial charge in [0.2, 0.25) is 0 Å². The van der Waals surface area contributed by atoms with Crippen molar-refractivity contribution in [2.75, 3.05) is 0 Å². The first-order chi connectivity index (χ1) is 13.3. The highest BCUT2D eigenvalue weighted by Crippen LogP contribution is 2.37. The molecule has 2 aromatic carbocycles. The Kier molecular flexibility index (Phi) is 3.17. The van der Waals surface area contributed by atoms with Gasteiger partial charge in [0.25, 0.3) is 0 Å². The summed E-state index contributed by atoms with van der Waals surface area (Å²) in [5.74, 6) is 0. The van der Waals surface area contributed by atoms with E-state index in [2.05, 4.69) is 57.4 Å². The molecule has 0 amide bonds. The molecule has 4 heterocycles. The van der Waals surface area contributed by atoms with Gasteiger partial charge >= 0.3 is 0 Å². The molecule has 128 valence electrons. The van der Waals surface area contributed by atoms with E-state index in [-0.39, 0.29) is 0 Å². The Balaban J connectivity index is 1.46. The Morgan fingerprint density at radius 1 is 0.815 bits per heavy atom. The Morgan fingerprint density at radius 2 is 1.74 bits per heavy atom. The number of pyridine rings is 1. The van der Waals surface area contributed by atoms with Crippen LogP contribution in [-0.4, -0.2) is 19.9 Å². The number of aromatic nitrogens is 4. The molecule has 6 rings (SSSR count). The third kappa shape index (κ3) is 2.45. The van der Waals surface area contributed by atoms with E-state index in [0.717, 1.165) is 32.0 Å². The number of thiophene rings is 1. The lowest BCUT2D eigenvalue weighted by Crippen LogP contribution is -1.77. The quantitative estimate of drug-likeness (QED) is 0.391. The molecule has 0 aliphatic carbocycles. The summed E-state index contributed by atoms with van der Waals surface area (Å²) in [5.41, 5.74) is 5.36. The maximum Gasteiger partial charge on any atom is 0.124 e. The molecule has 27 heavy (non-hydrogen) atoms. The van der Waals surface area contributed by atoms with Crippen molar-refractivity contribution in [2.24, 2.45) is 0 Å². The molecule has 0 spiro atoms. The van der Waals surface area contributed by atoms with Crippen LogP contribution in [0.4, 0.5) is 0 Å². The van der Waals surface area contributed by atoms with Crippen LogP contribution in [0.2, 0.25) is 0 Å². The second kappa shape index (κ2) is 5.70. The minimum Gasteiger partial charge on any atom is -0.345 e. The Morgan fingerprint density at radius 3 is 2.70 bits per heavy atom. The van der Waals surface area contributed by atoms with Gasteiger partial charge in [-0.15, -0.1) is 22.7 Å². The fourth-order valence-electron chi connectivity index (χ4n) is 3.29. The number of thiazole rings is 1. The molecule has 4 nitrogen and oxygen atoms in total. The SMILES string of the molecule is c1cnc2sc(-c3ccc4nc(-c5ccc6nc[nH]c6c5)sc4c3)cc2c1. The molecule has 0 fully saturated rings. The molecule has 0 atom stereocenters. The first-order valence-electron chi connectivity index (χ1n) is 8.52. The number of nitrogens with one attached hydrogen (secondary N) is 1. The Bertz CT molecular complexity index is 1410. The zero-order valence-electron chi connectivity index (χ0n) is 14.0. The fraction of sp³-hybridized carbons (Fsp3) is 0. The number of fused-ring (bicyclic) bond motifs is 3. The van der Waals surface area contributed by atoms with E-state index in [0.29, 0.717) is 0 Å². The van der Waals surface area contributed by atoms with Crippen LogP contribution in [-0.2, 0) is 0 Å². The summed E-state index contributed by atoms with van der Waals surface area (Å²) in [7, 11) is 0. The van der Waals surface area contributed by atoms with E-state index in [1.54, 1.807) is 29.0 Å². The minimum absolute atomic E-state index is 0.973. The van der Waals surface area contributed by atoms with E-state index in [9.17, 15) is 0 Å². The fourth-order valence-corrected chi connectivity index (χ4v) is 5.28. The van der Waals surface area contributed by atoms with Gasteiger partial charge in [-0.2, -0.15) is 0 Å². The summed E-state index contributed by atoms with van der Waals surface area (Å²) in [4.78, 5) is 19.0. The lowest BCUT2D eigenvalue weighted by Gasteiger charge is -1.96. The monoisotopic (exact) mass is 384 g/mol. The third-order valence-electron chi connectivity index (χ3n) is 4.63. The average Bonchev–Trinajstić information content (AvgIpc) is 3.42. The van der Waals surface area contributed by atoms with Crippen LogP contribution in [0.1, 0.15) is 0 Å². The molecule has 0 unspecified atom stereocenters. The summed E-state index contributed by atoms with van der Waals surface area (Å²) >= 11 is 3.45. The molecular weight excluding hydrogens is 372 g/mol. The summed E-state index contributed by atoms with van der Waals surface area (Å²) in [5, 5.41) is 2.21. The molecule has 6 aromatic rings. The van der Waals surface area contributed by atoms with Gasteiger partial charge in [-0.1, -0.05) is 12.1 Å². The van der Waals surface area contributed by atoms with Crippen LogP contribution >= 0.6 is 22.7 Å². The van der Waals surface area contributed by atoms with Crippen molar-refractivity contribution in [1.29, 1.82) is 0 Å². The zero-order chi connectivity index (χ0) is 17.8. The van der Waals surface area contributed by atoms with Crippen molar-refractivity contribution < 1.29 is 0 Å². The zero-order valence-corrected chi connectivity index (χ0v) is 15.6. The van der Waals surface area contributed by atoms with Crippen LogP contribution in [0.5, 0.6) is 0 Å². The lowest BCUT2D eigenvalue weighted by molar-refractivity contribution is 1.34. The Labute approximate surface area is 162 Å². The van der Waals surface area contributed by atoms with Gasteiger partial charge in [0.1, 0.15) is 9.84 Å². The number of H-pyrrole nitrogens is 1. The normalized spacial score (nSPS) is 11.7. The number of aromatic amines is 1. The Hall–Kier alpha value is -3.09. The van der Waals surface area contributed by atoms with Crippen LogP contribution < -0.4 is 0 Å². The summed E-state index contributed by atoms with van der Waals surface area (Å²) in [6, 6.07) is 19.0. The van der Waals surface area contributed by atoms with Gasteiger partial charge in [-0.3, -0.25) is 0 Å². The predicted octanol–water partition coefficient (Wildman–Crippen LogP) is 6.12. The maximum atomic E-state index is 4.83. The van der Waals surface area contributed by atoms with E-state index >= 15 is 0 Å². The average molecular weight is 384 g/mol. The van der Waals surface area contributed by atoms with Gasteiger partial charge in [0.15, 0.2) is 0 Å². The van der Waals surface area contributed by atoms with Gasteiger partial charge in [0.05, 0.1) is 27.6 Å². The molecule has 0 saturated carbocycles. The first kappa shape index (κ1) is 15.0. The molecule has 0 aliphatic rings. The van der Waals surface area contributed by atoms with Crippen molar-refractivity contribution >= 4 is 54.1 Å². The van der Waals surface area contributed by atoms with E-state index in [1.165, 1.54) is 20.5 Å². The summed E-state index contributed by atoms with van der Waals surface area (Å²) in [6.07, 6.45) is 3.57. The molecule has 0 radical (unpaired) electrons. The van der Waals surface area contributed by atoms with E-state index < -0.39 is 0 Å². The van der Waals surface area contributed by atoms with Crippen molar-refractivity contribution in [1.82, 2.24) is 19.9 Å². The number of imidazole rings is 1. The largest absolute Gasteiger partial charge is 0.345 e. The smallest absolute Gasteiger partial charge is 0.124 e. The topological polar surface area (TPSA) is 54.5 Å². The molecular formula is C21H12N4S2. The minimum atomic E-state index is 0.973. The second-order valence-corrected chi connectivity index (χ2v) is 8.41. The summed E-state index contributed by atoms with van der Waals surface area (Å²) < 4.78 is 1.19. The van der Waals surface area contributed by atoms with Gasteiger partial charge in [0, 0.05) is 22.0 Å². The third-order valence-corrected chi connectivity index (χ3v) is 6.81. The van der Waals surface area contributed by atoms with Crippen molar-refractivity contribution in [3.63, 3.8) is 0 Å². The van der Waals surface area contributed by atoms with Gasteiger partial charge < -0.3 is 4.98 Å². The van der Waals surface area contributed by atoms with Crippen molar-refractivity contribution in [2.45, 2.75) is 0 Å². The molecule has 0 bridgehead atoms. The van der Waals surface area contributed by atoms with E-state index in [1.807, 2.05) is 18.3 Å². The number of benzene rings is 2. The van der Waals surface area contributed by atoms with Crippen molar-refractivity contribution in [3.05, 3.63) is 67.1 Å². The molecule has 1 N–H and O–H groups in total. The van der Waals surface area contributed by atoms with Crippen LogP contribution in [0.3, 0.4) is 0 Å². The molecule has 6 heteroatoms. The van der Waals surface area contributed by atoms with Crippen LogP contribution in [0, 0.1) is 0 Å². The number of rotatable bonds is 2. The van der Waals surface area contributed by atoms with Gasteiger partial charge in [-0.25, -0.2) is 15.0 Å². The van der Waals surface area contributed by atoms with Gasteiger partial charge in [-0.05, 0) is 48.0 Å². The number of hydrogen-bond acceptors (Lipinski definition) is 5. The second-order valence-electron chi connectivity index (χ2n) is 6.34. The van der Waals surface area contributed by atoms with Crippen LogP contribution in [0.15, 0.2) is 67.1 Å². The maximum absolute atomic E-state index is 4.83. The molecule has 4 aromatic heterocycles. The highest BCUT2D eigenvalue weighted by atomic mass is 32.1. The summed E-state index contributed by atoms with van der Waals surface area (Å²) in [6.45, 7) is 0. The van der Waals surface area contributed by atoms with E-state index in [4.69, 9.17) is 4.98 Å². The predicted molar refractivity (Wildman–Crippen MR) is 113 cm³/mol. The lowest BCUT2D eigenvalue weighted by atomic mass is 10.1. The number of hydrogen-bond donors (Lipinski definition) is 1.